The largest absolute Gasteiger partial charge is 0.320 e. The molecule has 1 aliphatic heterocycles. The molecule has 1 saturated carbocycles. The van der Waals surface area contributed by atoms with Crippen molar-refractivity contribution in [1.29, 1.82) is 0 Å². The van der Waals surface area contributed by atoms with Gasteiger partial charge in [0.25, 0.3) is 0 Å². The molecular formula is C23H28N4O2S. The third kappa shape index (κ3) is 3.64. The van der Waals surface area contributed by atoms with Crippen LogP contribution in [0, 0.1) is 5.92 Å². The molecule has 1 aromatic carbocycles. The molecule has 2 amide bonds. The number of thioether (sulfide) groups is 1. The van der Waals surface area contributed by atoms with Crippen molar-refractivity contribution in [2.45, 2.75) is 57.0 Å². The van der Waals surface area contributed by atoms with Crippen LogP contribution < -0.4 is 5.32 Å². The number of aromatic nitrogens is 2. The summed E-state index contributed by atoms with van der Waals surface area (Å²) in [6.07, 6.45) is 9.12. The van der Waals surface area contributed by atoms with Crippen molar-refractivity contribution in [2.24, 2.45) is 5.92 Å². The zero-order chi connectivity index (χ0) is 20.5. The van der Waals surface area contributed by atoms with Gasteiger partial charge in [0, 0.05) is 17.7 Å². The number of nitrogens with one attached hydrogen (secondary N) is 1. The van der Waals surface area contributed by atoms with E-state index >= 15 is 0 Å². The van der Waals surface area contributed by atoms with E-state index in [1.54, 1.807) is 22.9 Å². The fourth-order valence-corrected chi connectivity index (χ4v) is 6.30. The molecule has 30 heavy (non-hydrogen) atoms. The van der Waals surface area contributed by atoms with Gasteiger partial charge in [0.15, 0.2) is 0 Å². The second-order valence-electron chi connectivity index (χ2n) is 8.56. The highest BCUT2D eigenvalue weighted by atomic mass is 32.2. The summed E-state index contributed by atoms with van der Waals surface area (Å²) in [4.78, 5) is 27.9. The third-order valence-electron chi connectivity index (χ3n) is 6.73. The van der Waals surface area contributed by atoms with E-state index in [2.05, 4.69) is 34.7 Å². The Hall–Kier alpha value is -2.28. The molecule has 0 bridgehead atoms. The Kier molecular flexibility index (Phi) is 5.54. The molecule has 1 saturated heterocycles. The Bertz CT molecular complexity index is 937. The average molecular weight is 425 g/mol. The molecule has 2 unspecified atom stereocenters. The van der Waals surface area contributed by atoms with Gasteiger partial charge in [-0.1, -0.05) is 37.1 Å². The van der Waals surface area contributed by atoms with Gasteiger partial charge in [0.1, 0.15) is 11.9 Å². The Labute approximate surface area is 181 Å². The number of hydrogen-bond donors (Lipinski definition) is 1. The minimum atomic E-state index is -0.398. The standard InChI is InChI=1S/C23H28N4O2S/c28-22(20-14-30-15-26(20)23(29)17-7-1-2-8-17)25-21-12-13-24-27(21)19-11-5-9-16-6-3-4-10-18(16)19/h3-4,6,10,12-13,17,19-20H,1-2,5,7-9,11,14-15H2,(H,25,28). The number of amides is 2. The SMILES string of the molecule is O=C(Nc1ccnn1C1CCCc2ccccc21)C1CSCN1C(=O)C1CCCC1. The normalized spacial score (nSPS) is 24.1. The molecular weight excluding hydrogens is 396 g/mol. The Balaban J connectivity index is 1.33. The zero-order valence-electron chi connectivity index (χ0n) is 17.1. The Morgan fingerprint density at radius 1 is 1.07 bits per heavy atom. The van der Waals surface area contributed by atoms with E-state index in [4.69, 9.17) is 0 Å². The Morgan fingerprint density at radius 3 is 2.77 bits per heavy atom. The summed E-state index contributed by atoms with van der Waals surface area (Å²) in [5.41, 5.74) is 2.65. The summed E-state index contributed by atoms with van der Waals surface area (Å²) in [6.45, 7) is 0. The number of aryl methyl sites for hydroxylation is 1. The lowest BCUT2D eigenvalue weighted by molar-refractivity contribution is -0.139. The van der Waals surface area contributed by atoms with Crippen LogP contribution in [0.1, 0.15) is 55.7 Å². The molecule has 2 fully saturated rings. The monoisotopic (exact) mass is 424 g/mol. The van der Waals surface area contributed by atoms with E-state index in [0.717, 1.165) is 44.9 Å². The van der Waals surface area contributed by atoms with E-state index in [-0.39, 0.29) is 23.8 Å². The summed E-state index contributed by atoms with van der Waals surface area (Å²) in [5.74, 6) is 2.15. The van der Waals surface area contributed by atoms with Crippen LogP contribution in [-0.4, -0.2) is 44.2 Å². The van der Waals surface area contributed by atoms with Gasteiger partial charge in [0.05, 0.1) is 18.1 Å². The first kappa shape index (κ1) is 19.7. The summed E-state index contributed by atoms with van der Waals surface area (Å²) in [7, 11) is 0. The second kappa shape index (κ2) is 8.46. The van der Waals surface area contributed by atoms with Crippen molar-refractivity contribution in [1.82, 2.24) is 14.7 Å². The predicted octanol–water partition coefficient (Wildman–Crippen LogP) is 3.84. The van der Waals surface area contributed by atoms with Gasteiger partial charge in [0.2, 0.25) is 11.8 Å². The highest BCUT2D eigenvalue weighted by Crippen LogP contribution is 2.35. The molecule has 158 valence electrons. The van der Waals surface area contributed by atoms with Crippen molar-refractivity contribution in [3.8, 4) is 0 Å². The molecule has 0 radical (unpaired) electrons. The molecule has 6 nitrogen and oxygen atoms in total. The van der Waals surface area contributed by atoms with Gasteiger partial charge in [-0.15, -0.1) is 11.8 Å². The minimum Gasteiger partial charge on any atom is -0.320 e. The number of fused-ring (bicyclic) bond motifs is 1. The molecule has 2 aliphatic carbocycles. The van der Waals surface area contributed by atoms with Gasteiger partial charge in [-0.25, -0.2) is 4.68 Å². The van der Waals surface area contributed by atoms with Gasteiger partial charge >= 0.3 is 0 Å². The fourth-order valence-electron chi connectivity index (χ4n) is 5.14. The van der Waals surface area contributed by atoms with Crippen molar-refractivity contribution in [3.05, 3.63) is 47.7 Å². The van der Waals surface area contributed by atoms with Gasteiger partial charge in [-0.3, -0.25) is 9.59 Å². The lowest BCUT2D eigenvalue weighted by atomic mass is 9.88. The third-order valence-corrected chi connectivity index (χ3v) is 7.74. The van der Waals surface area contributed by atoms with Crippen LogP contribution in [0.3, 0.4) is 0 Å². The molecule has 2 aromatic rings. The van der Waals surface area contributed by atoms with Gasteiger partial charge < -0.3 is 10.2 Å². The van der Waals surface area contributed by atoms with Crippen LogP contribution in [0.4, 0.5) is 5.82 Å². The van der Waals surface area contributed by atoms with E-state index in [9.17, 15) is 9.59 Å². The van der Waals surface area contributed by atoms with Gasteiger partial charge in [-0.05, 0) is 43.2 Å². The lowest BCUT2D eigenvalue weighted by Crippen LogP contribution is -2.46. The molecule has 3 aliphatic rings. The number of carbonyl (C=O) groups is 2. The molecule has 0 spiro atoms. The van der Waals surface area contributed by atoms with Crippen LogP contribution in [0.5, 0.6) is 0 Å². The van der Waals surface area contributed by atoms with E-state index < -0.39 is 6.04 Å². The summed E-state index contributed by atoms with van der Waals surface area (Å²) in [6, 6.07) is 10.1. The molecule has 2 heterocycles. The summed E-state index contributed by atoms with van der Waals surface area (Å²) in [5, 5.41) is 7.64. The first-order chi connectivity index (χ1) is 14.7. The number of rotatable bonds is 4. The first-order valence-electron chi connectivity index (χ1n) is 11.0. The molecule has 7 heteroatoms. The number of benzene rings is 1. The maximum absolute atomic E-state index is 13.2. The summed E-state index contributed by atoms with van der Waals surface area (Å²) < 4.78 is 1.95. The van der Waals surface area contributed by atoms with Crippen LogP contribution in [0.2, 0.25) is 0 Å². The minimum absolute atomic E-state index is 0.0998. The van der Waals surface area contributed by atoms with E-state index in [1.165, 1.54) is 11.1 Å². The second-order valence-corrected chi connectivity index (χ2v) is 9.56. The van der Waals surface area contributed by atoms with Gasteiger partial charge in [-0.2, -0.15) is 5.10 Å². The van der Waals surface area contributed by atoms with Crippen molar-refractivity contribution in [2.75, 3.05) is 16.9 Å². The van der Waals surface area contributed by atoms with Crippen molar-refractivity contribution in [3.63, 3.8) is 0 Å². The van der Waals surface area contributed by atoms with Crippen molar-refractivity contribution < 1.29 is 9.59 Å². The maximum Gasteiger partial charge on any atom is 0.249 e. The topological polar surface area (TPSA) is 67.2 Å². The predicted molar refractivity (Wildman–Crippen MR) is 118 cm³/mol. The fraction of sp³-hybridized carbons (Fsp3) is 0.522. The summed E-state index contributed by atoms with van der Waals surface area (Å²) >= 11 is 1.66. The highest BCUT2D eigenvalue weighted by molar-refractivity contribution is 7.99. The van der Waals surface area contributed by atoms with Crippen LogP contribution in [0.15, 0.2) is 36.5 Å². The van der Waals surface area contributed by atoms with E-state index in [1.807, 2.05) is 10.7 Å². The van der Waals surface area contributed by atoms with Crippen LogP contribution in [-0.2, 0) is 16.0 Å². The quantitative estimate of drug-likeness (QED) is 0.810. The molecule has 1 aromatic heterocycles. The number of carbonyl (C=O) groups excluding carboxylic acids is 2. The average Bonchev–Trinajstić information content (AvgIpc) is 3.54. The molecule has 1 N–H and O–H groups in total. The van der Waals surface area contributed by atoms with E-state index in [0.29, 0.717) is 17.4 Å². The maximum atomic E-state index is 13.2. The lowest BCUT2D eigenvalue weighted by Gasteiger charge is -2.28. The number of nitrogens with zero attached hydrogens (tertiary/aromatic N) is 3. The first-order valence-corrected chi connectivity index (χ1v) is 12.2. The highest BCUT2D eigenvalue weighted by Gasteiger charge is 2.38. The van der Waals surface area contributed by atoms with Crippen LogP contribution >= 0.6 is 11.8 Å². The molecule has 5 rings (SSSR count). The number of anilines is 1. The zero-order valence-corrected chi connectivity index (χ0v) is 17.9. The Morgan fingerprint density at radius 2 is 1.90 bits per heavy atom. The molecule has 2 atom stereocenters. The van der Waals surface area contributed by atoms with Crippen LogP contribution in [0.25, 0.3) is 0 Å². The van der Waals surface area contributed by atoms with Crippen molar-refractivity contribution >= 4 is 29.4 Å². The number of hydrogen-bond acceptors (Lipinski definition) is 4. The smallest absolute Gasteiger partial charge is 0.249 e.